The zero-order chi connectivity index (χ0) is 20.5. The van der Waals surface area contributed by atoms with Gasteiger partial charge < -0.3 is 5.32 Å². The molecular weight excluding hydrogens is 456 g/mol. The van der Waals surface area contributed by atoms with E-state index in [9.17, 15) is 21.6 Å². The van der Waals surface area contributed by atoms with Gasteiger partial charge in [0, 0.05) is 24.1 Å². The Hall–Kier alpha value is -0.970. The Bertz CT molecular complexity index is 888. The van der Waals surface area contributed by atoms with Crippen LogP contribution in [0.25, 0.3) is 0 Å². The molecule has 0 saturated carbocycles. The van der Waals surface area contributed by atoms with Crippen LogP contribution in [0, 0.1) is 5.92 Å². The number of hydrogen-bond acceptors (Lipinski definition) is 5. The third kappa shape index (κ3) is 5.10. The first-order valence-corrected chi connectivity index (χ1v) is 12.7. The number of hydrogen-bond donors (Lipinski definition) is 1. The van der Waals surface area contributed by atoms with E-state index >= 15 is 0 Å². The molecule has 1 aromatic rings. The highest BCUT2D eigenvalue weighted by Crippen LogP contribution is 2.27. The van der Waals surface area contributed by atoms with Crippen LogP contribution < -0.4 is 5.32 Å². The zero-order valence-electron chi connectivity index (χ0n) is 15.6. The van der Waals surface area contributed by atoms with E-state index in [4.69, 9.17) is 0 Å². The van der Waals surface area contributed by atoms with E-state index in [1.807, 2.05) is 0 Å². The van der Waals surface area contributed by atoms with Gasteiger partial charge in [-0.25, -0.2) is 21.1 Å². The van der Waals surface area contributed by atoms with Gasteiger partial charge in [0.1, 0.15) is 4.75 Å². The second-order valence-electron chi connectivity index (χ2n) is 7.28. The number of piperidine rings is 1. The van der Waals surface area contributed by atoms with Crippen molar-refractivity contribution in [1.29, 1.82) is 0 Å². The first-order chi connectivity index (χ1) is 12.4. The quantitative estimate of drug-likeness (QED) is 0.668. The van der Waals surface area contributed by atoms with E-state index in [0.717, 1.165) is 4.47 Å². The highest BCUT2D eigenvalue weighted by atomic mass is 79.9. The van der Waals surface area contributed by atoms with Crippen molar-refractivity contribution < 1.29 is 21.6 Å². The van der Waals surface area contributed by atoms with Gasteiger partial charge in [-0.3, -0.25) is 4.79 Å². The van der Waals surface area contributed by atoms with Gasteiger partial charge in [-0.1, -0.05) is 15.9 Å². The fourth-order valence-corrected chi connectivity index (χ4v) is 5.46. The summed E-state index contributed by atoms with van der Waals surface area (Å²) >= 11 is 3.26. The number of sulfone groups is 1. The van der Waals surface area contributed by atoms with Gasteiger partial charge in [0.05, 0.1) is 11.2 Å². The van der Waals surface area contributed by atoms with Crippen molar-refractivity contribution >= 4 is 41.7 Å². The summed E-state index contributed by atoms with van der Waals surface area (Å²) in [6.45, 7) is 3.95. The molecule has 2 rings (SSSR count). The molecule has 0 aromatic heterocycles. The molecule has 1 fully saturated rings. The van der Waals surface area contributed by atoms with Gasteiger partial charge in [-0.15, -0.1) is 0 Å². The van der Waals surface area contributed by atoms with Gasteiger partial charge in [0.25, 0.3) is 0 Å². The molecule has 0 aliphatic carbocycles. The predicted molar refractivity (Wildman–Crippen MR) is 108 cm³/mol. The van der Waals surface area contributed by atoms with Crippen LogP contribution in [0.15, 0.2) is 33.6 Å². The van der Waals surface area contributed by atoms with E-state index < -0.39 is 30.5 Å². The maximum atomic E-state index is 12.9. The minimum Gasteiger partial charge on any atom is -0.354 e. The monoisotopic (exact) mass is 480 g/mol. The third-order valence-electron chi connectivity index (χ3n) is 4.94. The van der Waals surface area contributed by atoms with Gasteiger partial charge in [0.2, 0.25) is 15.9 Å². The summed E-state index contributed by atoms with van der Waals surface area (Å²) in [5.41, 5.74) is 0. The predicted octanol–water partition coefficient (Wildman–Crippen LogP) is 1.79. The molecule has 1 heterocycles. The van der Waals surface area contributed by atoms with Crippen molar-refractivity contribution in [2.75, 3.05) is 25.9 Å². The normalized spacial score (nSPS) is 17.6. The van der Waals surface area contributed by atoms with Gasteiger partial charge >= 0.3 is 0 Å². The first-order valence-electron chi connectivity index (χ1n) is 8.59. The number of halogens is 1. The lowest BCUT2D eigenvalue weighted by Crippen LogP contribution is -2.50. The van der Waals surface area contributed by atoms with E-state index in [0.29, 0.717) is 32.5 Å². The average Bonchev–Trinajstić information content (AvgIpc) is 2.59. The maximum Gasteiger partial charge on any atom is 0.241 e. The van der Waals surface area contributed by atoms with E-state index in [2.05, 4.69) is 21.2 Å². The number of nitrogens with one attached hydrogen (secondary N) is 1. The van der Waals surface area contributed by atoms with Crippen LogP contribution in [0.5, 0.6) is 0 Å². The molecule has 1 amide bonds. The van der Waals surface area contributed by atoms with E-state index in [1.165, 1.54) is 36.5 Å². The lowest BCUT2D eigenvalue weighted by atomic mass is 9.98. The van der Waals surface area contributed by atoms with Crippen LogP contribution in [-0.4, -0.2) is 57.7 Å². The van der Waals surface area contributed by atoms with Crippen LogP contribution in [0.4, 0.5) is 0 Å². The number of rotatable bonds is 6. The van der Waals surface area contributed by atoms with E-state index in [1.54, 1.807) is 12.1 Å². The Morgan fingerprint density at radius 1 is 1.15 bits per heavy atom. The molecule has 0 spiro atoms. The summed E-state index contributed by atoms with van der Waals surface area (Å²) in [7, 11) is -7.05. The minimum atomic E-state index is -3.86. The topological polar surface area (TPSA) is 101 Å². The molecule has 1 aliphatic heterocycles. The molecule has 10 heteroatoms. The van der Waals surface area contributed by atoms with Crippen LogP contribution >= 0.6 is 15.9 Å². The number of sulfonamides is 1. The molecule has 27 heavy (non-hydrogen) atoms. The van der Waals surface area contributed by atoms with Crippen LogP contribution in [0.2, 0.25) is 0 Å². The number of carbonyl (C=O) groups is 1. The molecule has 0 bridgehead atoms. The Morgan fingerprint density at radius 2 is 1.67 bits per heavy atom. The molecule has 1 saturated heterocycles. The molecule has 0 atom stereocenters. The standard InChI is InChI=1S/C17H25BrN2O5S2/c1-17(2,27(24,25)15-6-4-14(18)5-7-15)16(21)19-12-13-8-10-20(11-9-13)26(3,22)23/h4-7,13H,8-12H2,1-3H3,(H,19,21). The molecule has 152 valence electrons. The van der Waals surface area contributed by atoms with Crippen molar-refractivity contribution in [3.05, 3.63) is 28.7 Å². The largest absolute Gasteiger partial charge is 0.354 e. The van der Waals surface area contributed by atoms with Gasteiger partial charge in [-0.2, -0.15) is 0 Å². The maximum absolute atomic E-state index is 12.9. The average molecular weight is 481 g/mol. The molecular formula is C17H25BrN2O5S2. The summed E-state index contributed by atoms with van der Waals surface area (Å²) in [6, 6.07) is 6.18. The third-order valence-corrected chi connectivity index (χ3v) is 9.19. The lowest BCUT2D eigenvalue weighted by molar-refractivity contribution is -0.123. The summed E-state index contributed by atoms with van der Waals surface area (Å²) in [4.78, 5) is 12.7. The molecule has 7 nitrogen and oxygen atoms in total. The van der Waals surface area contributed by atoms with Crippen molar-refractivity contribution in [3.8, 4) is 0 Å². The summed E-state index contributed by atoms with van der Waals surface area (Å²) < 4.78 is 49.4. The Balaban J connectivity index is 1.99. The van der Waals surface area contributed by atoms with E-state index in [-0.39, 0.29) is 10.8 Å². The van der Waals surface area contributed by atoms with Crippen LogP contribution in [-0.2, 0) is 24.7 Å². The Labute approximate surface area is 169 Å². The first kappa shape index (κ1) is 22.3. The molecule has 0 unspecified atom stereocenters. The minimum absolute atomic E-state index is 0.0901. The molecule has 0 radical (unpaired) electrons. The number of benzene rings is 1. The lowest BCUT2D eigenvalue weighted by Gasteiger charge is -2.31. The second-order valence-corrected chi connectivity index (χ2v) is 12.7. The smallest absolute Gasteiger partial charge is 0.241 e. The van der Waals surface area contributed by atoms with Crippen molar-refractivity contribution in [1.82, 2.24) is 9.62 Å². The van der Waals surface area contributed by atoms with Crippen LogP contribution in [0.3, 0.4) is 0 Å². The molecule has 1 aromatic carbocycles. The fourth-order valence-electron chi connectivity index (χ4n) is 2.93. The number of carbonyl (C=O) groups excluding carboxylic acids is 1. The van der Waals surface area contributed by atoms with Crippen molar-refractivity contribution in [3.63, 3.8) is 0 Å². The summed E-state index contributed by atoms with van der Waals surface area (Å²) in [5, 5.41) is 2.74. The summed E-state index contributed by atoms with van der Waals surface area (Å²) in [6.07, 6.45) is 2.45. The number of amides is 1. The van der Waals surface area contributed by atoms with Crippen molar-refractivity contribution in [2.45, 2.75) is 36.3 Å². The van der Waals surface area contributed by atoms with Crippen LogP contribution in [0.1, 0.15) is 26.7 Å². The Kier molecular flexibility index (Phi) is 6.76. The highest BCUT2D eigenvalue weighted by Gasteiger charge is 2.42. The van der Waals surface area contributed by atoms with Gasteiger partial charge in [-0.05, 0) is 56.9 Å². The zero-order valence-corrected chi connectivity index (χ0v) is 18.8. The second kappa shape index (κ2) is 8.18. The number of nitrogens with zero attached hydrogens (tertiary/aromatic N) is 1. The van der Waals surface area contributed by atoms with Gasteiger partial charge in [0.15, 0.2) is 9.84 Å². The molecule has 1 aliphatic rings. The fraction of sp³-hybridized carbons (Fsp3) is 0.588. The molecule has 1 N–H and O–H groups in total. The highest BCUT2D eigenvalue weighted by molar-refractivity contribution is 9.10. The van der Waals surface area contributed by atoms with Crippen molar-refractivity contribution in [2.24, 2.45) is 5.92 Å². The summed E-state index contributed by atoms with van der Waals surface area (Å²) in [5.74, 6) is -0.436. The Morgan fingerprint density at radius 3 is 2.15 bits per heavy atom. The SMILES string of the molecule is CC(C)(C(=O)NCC1CCN(S(C)(=O)=O)CC1)S(=O)(=O)c1ccc(Br)cc1.